The third kappa shape index (κ3) is 3.68. The quantitative estimate of drug-likeness (QED) is 0.463. The van der Waals surface area contributed by atoms with Crippen LogP contribution >= 0.6 is 11.6 Å². The van der Waals surface area contributed by atoms with E-state index in [0.29, 0.717) is 23.7 Å². The van der Waals surface area contributed by atoms with Gasteiger partial charge in [0.25, 0.3) is 0 Å². The van der Waals surface area contributed by atoms with Crippen molar-refractivity contribution in [2.24, 2.45) is 0 Å². The van der Waals surface area contributed by atoms with Crippen LogP contribution in [0.15, 0.2) is 60.9 Å². The van der Waals surface area contributed by atoms with Crippen molar-refractivity contribution < 1.29 is 9.59 Å². The lowest BCUT2D eigenvalue weighted by Gasteiger charge is -2.08. The topological polar surface area (TPSA) is 86.9 Å². The zero-order chi connectivity index (χ0) is 19.5. The van der Waals surface area contributed by atoms with Crippen molar-refractivity contribution in [1.29, 1.82) is 0 Å². The van der Waals surface area contributed by atoms with E-state index < -0.39 is 11.8 Å². The number of pyridine rings is 1. The Hall–Kier alpha value is -3.38. The molecule has 28 heavy (non-hydrogen) atoms. The maximum atomic E-state index is 12.2. The molecule has 0 radical (unpaired) electrons. The minimum Gasteiger partial charge on any atom is -0.361 e. The SMILES string of the molecule is O=C(NCCc1c[nH]c2ccc(Cl)cc12)C(=O)Nc1cccc2ncccc12. The van der Waals surface area contributed by atoms with Gasteiger partial charge in [-0.05, 0) is 54.4 Å². The molecule has 0 saturated carbocycles. The van der Waals surface area contributed by atoms with Gasteiger partial charge in [0.15, 0.2) is 0 Å². The molecule has 0 saturated heterocycles. The second kappa shape index (κ2) is 7.70. The van der Waals surface area contributed by atoms with Crippen molar-refractivity contribution in [3.05, 3.63) is 71.5 Å². The second-order valence-corrected chi connectivity index (χ2v) is 6.78. The molecule has 2 aromatic heterocycles. The molecule has 2 heterocycles. The van der Waals surface area contributed by atoms with E-state index in [4.69, 9.17) is 11.6 Å². The Bertz CT molecular complexity index is 1180. The number of hydrogen-bond acceptors (Lipinski definition) is 3. The summed E-state index contributed by atoms with van der Waals surface area (Å²) in [5.74, 6) is -1.39. The Kier molecular flexibility index (Phi) is 4.95. The number of halogens is 1. The number of carbonyl (C=O) groups is 2. The average molecular weight is 393 g/mol. The van der Waals surface area contributed by atoms with Gasteiger partial charge >= 0.3 is 11.8 Å². The number of anilines is 1. The summed E-state index contributed by atoms with van der Waals surface area (Å²) in [6.45, 7) is 0.336. The van der Waals surface area contributed by atoms with E-state index in [-0.39, 0.29) is 0 Å². The van der Waals surface area contributed by atoms with Crippen molar-refractivity contribution in [2.75, 3.05) is 11.9 Å². The van der Waals surface area contributed by atoms with Gasteiger partial charge in [-0.15, -0.1) is 0 Å². The number of carbonyl (C=O) groups excluding carboxylic acids is 2. The molecule has 140 valence electrons. The van der Waals surface area contributed by atoms with Crippen molar-refractivity contribution in [3.8, 4) is 0 Å². The Morgan fingerprint density at radius 2 is 1.93 bits per heavy atom. The van der Waals surface area contributed by atoms with Crippen LogP contribution in [0, 0.1) is 0 Å². The lowest BCUT2D eigenvalue weighted by Crippen LogP contribution is -2.36. The number of aromatic nitrogens is 2. The Morgan fingerprint density at radius 3 is 2.82 bits per heavy atom. The minimum absolute atomic E-state index is 0.336. The van der Waals surface area contributed by atoms with Crippen LogP contribution < -0.4 is 10.6 Å². The summed E-state index contributed by atoms with van der Waals surface area (Å²) in [4.78, 5) is 31.8. The highest BCUT2D eigenvalue weighted by Crippen LogP contribution is 2.23. The molecule has 0 aliphatic heterocycles. The fourth-order valence-corrected chi connectivity index (χ4v) is 3.31. The van der Waals surface area contributed by atoms with Gasteiger partial charge in [0, 0.05) is 40.3 Å². The van der Waals surface area contributed by atoms with Crippen molar-refractivity contribution in [3.63, 3.8) is 0 Å². The zero-order valence-corrected chi connectivity index (χ0v) is 15.6. The summed E-state index contributed by atoms with van der Waals surface area (Å²) < 4.78 is 0. The van der Waals surface area contributed by atoms with E-state index in [1.165, 1.54) is 0 Å². The summed E-state index contributed by atoms with van der Waals surface area (Å²) in [6, 6.07) is 14.6. The maximum absolute atomic E-state index is 12.2. The molecule has 0 spiro atoms. The van der Waals surface area contributed by atoms with E-state index in [1.807, 2.05) is 36.5 Å². The third-order valence-electron chi connectivity index (χ3n) is 4.51. The smallest absolute Gasteiger partial charge is 0.313 e. The fraction of sp³-hybridized carbons (Fsp3) is 0.0952. The predicted octanol–water partition coefficient (Wildman–Crippen LogP) is 3.67. The van der Waals surface area contributed by atoms with Gasteiger partial charge in [0.1, 0.15) is 0 Å². The molecule has 0 atom stereocenters. The van der Waals surface area contributed by atoms with E-state index >= 15 is 0 Å². The van der Waals surface area contributed by atoms with E-state index in [0.717, 1.165) is 27.4 Å². The largest absolute Gasteiger partial charge is 0.361 e. The maximum Gasteiger partial charge on any atom is 0.313 e. The average Bonchev–Trinajstić information content (AvgIpc) is 3.10. The highest BCUT2D eigenvalue weighted by atomic mass is 35.5. The number of hydrogen-bond donors (Lipinski definition) is 3. The third-order valence-corrected chi connectivity index (χ3v) is 4.74. The van der Waals surface area contributed by atoms with Crippen LogP contribution in [0.2, 0.25) is 5.02 Å². The van der Waals surface area contributed by atoms with Crippen LogP contribution in [-0.4, -0.2) is 28.3 Å². The lowest BCUT2D eigenvalue weighted by molar-refractivity contribution is -0.136. The monoisotopic (exact) mass is 392 g/mol. The molecule has 0 aliphatic carbocycles. The van der Waals surface area contributed by atoms with Crippen molar-refractivity contribution >= 4 is 50.9 Å². The number of amides is 2. The molecule has 2 aromatic carbocycles. The van der Waals surface area contributed by atoms with Crippen LogP contribution in [0.1, 0.15) is 5.56 Å². The summed E-state index contributed by atoms with van der Waals surface area (Å²) in [5.41, 5.74) is 3.31. The van der Waals surface area contributed by atoms with E-state index in [2.05, 4.69) is 20.6 Å². The second-order valence-electron chi connectivity index (χ2n) is 6.34. The number of benzene rings is 2. The molecule has 0 fully saturated rings. The molecule has 2 amide bonds. The van der Waals surface area contributed by atoms with Crippen LogP contribution in [-0.2, 0) is 16.0 Å². The molecule has 6 nitrogen and oxygen atoms in total. The number of aromatic amines is 1. The van der Waals surface area contributed by atoms with E-state index in [9.17, 15) is 9.59 Å². The summed E-state index contributed by atoms with van der Waals surface area (Å²) in [5, 5.41) is 7.75. The molecule has 0 bridgehead atoms. The van der Waals surface area contributed by atoms with Gasteiger partial charge in [0.2, 0.25) is 0 Å². The number of nitrogens with one attached hydrogen (secondary N) is 3. The van der Waals surface area contributed by atoms with Crippen LogP contribution in [0.25, 0.3) is 21.8 Å². The standard InChI is InChI=1S/C21H17ClN4O2/c22-14-6-7-18-16(11-14)13(12-25-18)8-10-24-20(27)21(28)26-19-5-1-4-17-15(19)3-2-9-23-17/h1-7,9,11-12,25H,8,10H2,(H,24,27)(H,26,28). The highest BCUT2D eigenvalue weighted by Gasteiger charge is 2.15. The van der Waals surface area contributed by atoms with Gasteiger partial charge in [-0.25, -0.2) is 0 Å². The zero-order valence-electron chi connectivity index (χ0n) is 14.8. The summed E-state index contributed by atoms with van der Waals surface area (Å²) in [7, 11) is 0. The Labute approximate surface area is 165 Å². The Balaban J connectivity index is 1.38. The number of rotatable bonds is 4. The van der Waals surface area contributed by atoms with Gasteiger partial charge in [-0.1, -0.05) is 17.7 Å². The number of nitrogens with zero attached hydrogens (tertiary/aromatic N) is 1. The lowest BCUT2D eigenvalue weighted by atomic mass is 10.1. The molecule has 4 aromatic rings. The highest BCUT2D eigenvalue weighted by molar-refractivity contribution is 6.40. The number of H-pyrrole nitrogens is 1. The van der Waals surface area contributed by atoms with Gasteiger partial charge in [0.05, 0.1) is 11.2 Å². The molecule has 3 N–H and O–H groups in total. The molecular weight excluding hydrogens is 376 g/mol. The molecule has 0 aliphatic rings. The van der Waals surface area contributed by atoms with Gasteiger partial charge in [-0.3, -0.25) is 14.6 Å². The van der Waals surface area contributed by atoms with Crippen LogP contribution in [0.3, 0.4) is 0 Å². The fourth-order valence-electron chi connectivity index (χ4n) is 3.14. The first-order valence-electron chi connectivity index (χ1n) is 8.80. The van der Waals surface area contributed by atoms with E-state index in [1.54, 1.807) is 24.4 Å². The first-order chi connectivity index (χ1) is 13.6. The van der Waals surface area contributed by atoms with Crippen LogP contribution in [0.4, 0.5) is 5.69 Å². The summed E-state index contributed by atoms with van der Waals surface area (Å²) >= 11 is 6.05. The molecule has 4 rings (SSSR count). The molecule has 0 unspecified atom stereocenters. The minimum atomic E-state index is -0.710. The first-order valence-corrected chi connectivity index (χ1v) is 9.18. The predicted molar refractivity (Wildman–Crippen MR) is 110 cm³/mol. The molecular formula is C21H17ClN4O2. The molecule has 7 heteroatoms. The van der Waals surface area contributed by atoms with Gasteiger partial charge in [-0.2, -0.15) is 0 Å². The van der Waals surface area contributed by atoms with Crippen molar-refractivity contribution in [2.45, 2.75) is 6.42 Å². The number of fused-ring (bicyclic) bond motifs is 2. The van der Waals surface area contributed by atoms with Crippen LogP contribution in [0.5, 0.6) is 0 Å². The first kappa shape index (κ1) is 18.0. The normalized spacial score (nSPS) is 10.9. The van der Waals surface area contributed by atoms with Gasteiger partial charge < -0.3 is 15.6 Å². The van der Waals surface area contributed by atoms with Crippen molar-refractivity contribution in [1.82, 2.24) is 15.3 Å². The summed E-state index contributed by atoms with van der Waals surface area (Å²) in [6.07, 6.45) is 4.15. The Morgan fingerprint density at radius 1 is 1.04 bits per heavy atom.